The van der Waals surface area contributed by atoms with Crippen LogP contribution in [-0.2, 0) is 6.42 Å². The van der Waals surface area contributed by atoms with Gasteiger partial charge in [-0.05, 0) is 31.1 Å². The van der Waals surface area contributed by atoms with Gasteiger partial charge in [-0.3, -0.25) is 0 Å². The van der Waals surface area contributed by atoms with Crippen LogP contribution in [0.2, 0.25) is 0 Å². The first-order valence-corrected chi connectivity index (χ1v) is 6.36. The Morgan fingerprint density at radius 1 is 1.11 bits per heavy atom. The summed E-state index contributed by atoms with van der Waals surface area (Å²) in [7, 11) is 0. The summed E-state index contributed by atoms with van der Waals surface area (Å²) in [4.78, 5) is 0. The fraction of sp³-hybridized carbons (Fsp3) is 0.118. The molecule has 0 saturated heterocycles. The third-order valence-corrected chi connectivity index (χ3v) is 3.44. The Morgan fingerprint density at radius 3 is 2.79 bits per heavy atom. The van der Waals surface area contributed by atoms with Crippen molar-refractivity contribution in [3.63, 3.8) is 0 Å². The molecule has 0 fully saturated rings. The molecular formula is C17H15NO. The van der Waals surface area contributed by atoms with Gasteiger partial charge in [0.1, 0.15) is 11.2 Å². The number of hydrogen-bond donors (Lipinski definition) is 1. The summed E-state index contributed by atoms with van der Waals surface area (Å²) in [6.45, 7) is 2.10. The van der Waals surface area contributed by atoms with Gasteiger partial charge in [0.05, 0.1) is 0 Å². The Labute approximate surface area is 111 Å². The minimum absolute atomic E-state index is 0.790. The lowest BCUT2D eigenvalue weighted by Gasteiger charge is -2.03. The molecule has 2 nitrogen and oxygen atoms in total. The van der Waals surface area contributed by atoms with Crippen molar-refractivity contribution in [2.45, 2.75) is 13.3 Å². The molecule has 2 aromatic carbocycles. The number of para-hydroxylation sites is 1. The second kappa shape index (κ2) is 4.73. The van der Waals surface area contributed by atoms with Gasteiger partial charge in [-0.2, -0.15) is 0 Å². The summed E-state index contributed by atoms with van der Waals surface area (Å²) < 4.78 is 6.00. The van der Waals surface area contributed by atoms with Gasteiger partial charge in [0, 0.05) is 22.6 Å². The highest BCUT2D eigenvalue weighted by Gasteiger charge is 2.11. The molecule has 19 heavy (non-hydrogen) atoms. The largest absolute Gasteiger partial charge is 0.456 e. The third-order valence-electron chi connectivity index (χ3n) is 3.44. The maximum absolute atomic E-state index is 7.04. The lowest BCUT2D eigenvalue weighted by atomic mass is 10.0. The van der Waals surface area contributed by atoms with Gasteiger partial charge in [-0.25, -0.2) is 0 Å². The highest BCUT2D eigenvalue weighted by atomic mass is 16.3. The Kier molecular flexibility index (Phi) is 2.92. The van der Waals surface area contributed by atoms with Crippen molar-refractivity contribution in [2.24, 2.45) is 0 Å². The number of allylic oxidation sites excluding steroid dienone is 2. The van der Waals surface area contributed by atoms with Crippen molar-refractivity contribution in [1.29, 1.82) is 5.41 Å². The topological polar surface area (TPSA) is 37.0 Å². The molecule has 0 aliphatic rings. The van der Waals surface area contributed by atoms with E-state index < -0.39 is 0 Å². The summed E-state index contributed by atoms with van der Waals surface area (Å²) >= 11 is 0. The quantitative estimate of drug-likeness (QED) is 0.674. The van der Waals surface area contributed by atoms with Crippen LogP contribution < -0.4 is 0 Å². The van der Waals surface area contributed by atoms with Crippen LogP contribution >= 0.6 is 0 Å². The van der Waals surface area contributed by atoms with Crippen LogP contribution in [0.4, 0.5) is 0 Å². The summed E-state index contributed by atoms with van der Waals surface area (Å²) in [5.41, 5.74) is 4.32. The average Bonchev–Trinajstić information content (AvgIpc) is 2.80. The molecule has 0 radical (unpaired) electrons. The zero-order chi connectivity index (χ0) is 13.2. The number of rotatable bonds is 3. The van der Waals surface area contributed by atoms with Crippen molar-refractivity contribution in [3.8, 4) is 0 Å². The lowest BCUT2D eigenvalue weighted by molar-refractivity contribution is 0.664. The van der Waals surface area contributed by atoms with Crippen LogP contribution in [0.1, 0.15) is 11.1 Å². The van der Waals surface area contributed by atoms with Gasteiger partial charge in [0.15, 0.2) is 0 Å². The normalized spacial score (nSPS) is 11.6. The molecule has 0 saturated carbocycles. The summed E-state index contributed by atoms with van der Waals surface area (Å²) in [6.07, 6.45) is 5.83. The minimum Gasteiger partial charge on any atom is -0.456 e. The predicted molar refractivity (Wildman–Crippen MR) is 80.1 cm³/mol. The van der Waals surface area contributed by atoms with E-state index in [-0.39, 0.29) is 0 Å². The standard InChI is InChI=1S/C17H15NO/c1-12-9-10-15-14-7-2-3-8-16(14)19-17(15)13(12)6-4-5-11-18/h2-5,7-11,18H,6H2,1H3/b5-4-,18-11?. The second-order valence-electron chi connectivity index (χ2n) is 4.63. The molecule has 0 aliphatic carbocycles. The number of aryl methyl sites for hydroxylation is 1. The van der Waals surface area contributed by atoms with Crippen LogP contribution in [-0.4, -0.2) is 6.21 Å². The van der Waals surface area contributed by atoms with E-state index in [1.54, 1.807) is 6.08 Å². The zero-order valence-electron chi connectivity index (χ0n) is 10.8. The Hall–Kier alpha value is -2.35. The molecular weight excluding hydrogens is 234 g/mol. The van der Waals surface area contributed by atoms with E-state index in [0.717, 1.165) is 23.0 Å². The molecule has 2 heteroatoms. The molecule has 1 N–H and O–H groups in total. The molecule has 94 valence electrons. The minimum atomic E-state index is 0.790. The Morgan fingerprint density at radius 2 is 1.95 bits per heavy atom. The van der Waals surface area contributed by atoms with E-state index in [0.29, 0.717) is 0 Å². The van der Waals surface area contributed by atoms with Crippen LogP contribution in [0.5, 0.6) is 0 Å². The Balaban J connectivity index is 2.27. The number of fused-ring (bicyclic) bond motifs is 3. The zero-order valence-corrected chi connectivity index (χ0v) is 10.8. The highest BCUT2D eigenvalue weighted by Crippen LogP contribution is 2.32. The van der Waals surface area contributed by atoms with Crippen LogP contribution in [0, 0.1) is 12.3 Å². The first-order chi connectivity index (χ1) is 9.31. The molecule has 0 aliphatic heterocycles. The summed E-state index contributed by atoms with van der Waals surface area (Å²) in [6, 6.07) is 12.4. The smallest absolute Gasteiger partial charge is 0.139 e. The van der Waals surface area contributed by atoms with Crippen molar-refractivity contribution in [3.05, 3.63) is 59.7 Å². The molecule has 0 atom stereocenters. The SMILES string of the molecule is Cc1ccc2c(oc3ccccc32)c1C/C=C\C=N. The maximum atomic E-state index is 7.04. The lowest BCUT2D eigenvalue weighted by Crippen LogP contribution is -1.87. The van der Waals surface area contributed by atoms with Crippen LogP contribution in [0.25, 0.3) is 21.9 Å². The fourth-order valence-electron chi connectivity index (χ4n) is 2.45. The van der Waals surface area contributed by atoms with Crippen molar-refractivity contribution in [2.75, 3.05) is 0 Å². The van der Waals surface area contributed by atoms with Gasteiger partial charge in [-0.15, -0.1) is 0 Å². The second-order valence-corrected chi connectivity index (χ2v) is 4.63. The first-order valence-electron chi connectivity index (χ1n) is 6.36. The van der Waals surface area contributed by atoms with Crippen molar-refractivity contribution in [1.82, 2.24) is 0 Å². The fourth-order valence-corrected chi connectivity index (χ4v) is 2.45. The van der Waals surface area contributed by atoms with E-state index in [2.05, 4.69) is 25.1 Å². The van der Waals surface area contributed by atoms with E-state index in [1.165, 1.54) is 22.7 Å². The molecule has 1 heterocycles. The van der Waals surface area contributed by atoms with Crippen LogP contribution in [0.3, 0.4) is 0 Å². The predicted octanol–water partition coefficient (Wildman–Crippen LogP) is 4.64. The van der Waals surface area contributed by atoms with Crippen molar-refractivity contribution >= 4 is 28.2 Å². The molecule has 3 aromatic rings. The van der Waals surface area contributed by atoms with E-state index >= 15 is 0 Å². The number of benzene rings is 2. The monoisotopic (exact) mass is 249 g/mol. The van der Waals surface area contributed by atoms with E-state index in [9.17, 15) is 0 Å². The molecule has 0 unspecified atom stereocenters. The maximum Gasteiger partial charge on any atom is 0.139 e. The van der Waals surface area contributed by atoms with Crippen molar-refractivity contribution < 1.29 is 4.42 Å². The molecule has 0 bridgehead atoms. The Bertz CT molecular complexity index is 780. The number of hydrogen-bond acceptors (Lipinski definition) is 2. The van der Waals surface area contributed by atoms with Gasteiger partial charge in [-0.1, -0.05) is 36.4 Å². The van der Waals surface area contributed by atoms with Gasteiger partial charge >= 0.3 is 0 Å². The van der Waals surface area contributed by atoms with Crippen LogP contribution in [0.15, 0.2) is 53.0 Å². The van der Waals surface area contributed by atoms with E-state index in [1.807, 2.05) is 24.3 Å². The van der Waals surface area contributed by atoms with E-state index in [4.69, 9.17) is 9.83 Å². The van der Waals surface area contributed by atoms with Gasteiger partial charge < -0.3 is 9.83 Å². The first kappa shape index (κ1) is 11.7. The molecule has 3 rings (SSSR count). The molecule has 1 aromatic heterocycles. The number of furan rings is 1. The summed E-state index contributed by atoms with van der Waals surface area (Å²) in [5.74, 6) is 0. The molecule has 0 amide bonds. The summed E-state index contributed by atoms with van der Waals surface area (Å²) in [5, 5.41) is 9.37. The average molecular weight is 249 g/mol. The molecule has 0 spiro atoms. The van der Waals surface area contributed by atoms with Gasteiger partial charge in [0.2, 0.25) is 0 Å². The van der Waals surface area contributed by atoms with Gasteiger partial charge in [0.25, 0.3) is 0 Å². The third kappa shape index (κ3) is 1.95. The highest BCUT2D eigenvalue weighted by molar-refractivity contribution is 6.06. The number of nitrogens with one attached hydrogen (secondary N) is 1.